The smallest absolute Gasteiger partial charge is 0.253 e. The van der Waals surface area contributed by atoms with Crippen molar-refractivity contribution in [3.05, 3.63) is 29.8 Å². The molecule has 6 N–H and O–H groups in total. The van der Waals surface area contributed by atoms with Crippen molar-refractivity contribution < 1.29 is 14.4 Å². The number of anilines is 1. The quantitative estimate of drug-likeness (QED) is 0.576. The maximum atomic E-state index is 12.2. The van der Waals surface area contributed by atoms with Crippen LogP contribution < -0.4 is 22.1 Å². The van der Waals surface area contributed by atoms with Gasteiger partial charge in [-0.05, 0) is 30.9 Å². The summed E-state index contributed by atoms with van der Waals surface area (Å²) in [4.78, 5) is 35.1. The Morgan fingerprint density at radius 3 is 2.52 bits per heavy atom. The maximum absolute atomic E-state index is 12.2. The lowest BCUT2D eigenvalue weighted by Crippen LogP contribution is -2.30. The van der Waals surface area contributed by atoms with Gasteiger partial charge in [0.1, 0.15) is 0 Å². The highest BCUT2D eigenvalue weighted by molar-refractivity contribution is 6.03. The predicted molar refractivity (Wildman–Crippen MR) is 98.4 cm³/mol. The van der Waals surface area contributed by atoms with Crippen molar-refractivity contribution in [2.75, 3.05) is 11.9 Å². The molecule has 7 nitrogen and oxygen atoms in total. The summed E-state index contributed by atoms with van der Waals surface area (Å²) in [6.45, 7) is 0.160. The molecule has 0 aromatic heterocycles. The molecule has 1 fully saturated rings. The maximum Gasteiger partial charge on any atom is 0.253 e. The highest BCUT2D eigenvalue weighted by atomic mass is 35.5. The molecule has 0 unspecified atom stereocenters. The Labute approximate surface area is 153 Å². The number of hydrogen-bond donors (Lipinski definition) is 4. The minimum Gasteiger partial charge on any atom is -0.370 e. The lowest BCUT2D eigenvalue weighted by molar-refractivity contribution is -0.118. The van der Waals surface area contributed by atoms with E-state index >= 15 is 0 Å². The van der Waals surface area contributed by atoms with Crippen molar-refractivity contribution in [1.29, 1.82) is 0 Å². The van der Waals surface area contributed by atoms with Gasteiger partial charge in [0, 0.05) is 25.4 Å². The first kappa shape index (κ1) is 20.9. The van der Waals surface area contributed by atoms with Crippen LogP contribution in [0.5, 0.6) is 0 Å². The number of para-hydroxylation sites is 1. The summed E-state index contributed by atoms with van der Waals surface area (Å²) < 4.78 is 0. The third-order valence-corrected chi connectivity index (χ3v) is 4.27. The number of carbonyl (C=O) groups is 3. The molecular weight excluding hydrogens is 344 g/mol. The summed E-state index contributed by atoms with van der Waals surface area (Å²) in [5.41, 5.74) is 11.8. The number of primary amides is 1. The SMILES string of the molecule is Cl.NC(=O)CCNC(=O)c1ccccc1NC(=O)C[C@@H]1CCC[C@H]1N. The number of benzene rings is 1. The zero-order valence-corrected chi connectivity index (χ0v) is 14.8. The molecule has 0 saturated heterocycles. The van der Waals surface area contributed by atoms with Crippen molar-refractivity contribution in [1.82, 2.24) is 5.32 Å². The molecule has 138 valence electrons. The Kier molecular flexibility index (Phi) is 8.37. The molecular formula is C17H25ClN4O3. The van der Waals surface area contributed by atoms with E-state index in [0.717, 1.165) is 19.3 Å². The number of hydrogen-bond acceptors (Lipinski definition) is 4. The molecule has 0 aliphatic heterocycles. The predicted octanol–water partition coefficient (Wildman–Crippen LogP) is 1.17. The summed E-state index contributed by atoms with van der Waals surface area (Å²) in [5.74, 6) is -0.786. The van der Waals surface area contributed by atoms with E-state index in [1.807, 2.05) is 0 Å². The highest BCUT2D eigenvalue weighted by Gasteiger charge is 2.26. The Morgan fingerprint density at radius 2 is 1.88 bits per heavy atom. The Hall–Kier alpha value is -2.12. The largest absolute Gasteiger partial charge is 0.370 e. The molecule has 0 spiro atoms. The van der Waals surface area contributed by atoms with Crippen molar-refractivity contribution in [3.63, 3.8) is 0 Å². The number of nitrogens with two attached hydrogens (primary N) is 2. The summed E-state index contributed by atoms with van der Waals surface area (Å²) >= 11 is 0. The van der Waals surface area contributed by atoms with Crippen molar-refractivity contribution >= 4 is 35.8 Å². The van der Waals surface area contributed by atoms with E-state index in [1.165, 1.54) is 0 Å². The van der Waals surface area contributed by atoms with Crippen LogP contribution in [0.25, 0.3) is 0 Å². The first-order valence-corrected chi connectivity index (χ1v) is 8.18. The molecule has 1 aliphatic carbocycles. The highest BCUT2D eigenvalue weighted by Crippen LogP contribution is 2.27. The Bertz CT molecular complexity index is 624. The molecule has 1 aromatic rings. The van der Waals surface area contributed by atoms with Crippen LogP contribution in [0.4, 0.5) is 5.69 Å². The molecule has 1 aliphatic rings. The first-order valence-electron chi connectivity index (χ1n) is 8.18. The van der Waals surface area contributed by atoms with Gasteiger partial charge in [0.2, 0.25) is 11.8 Å². The number of carbonyl (C=O) groups excluding carboxylic acids is 3. The van der Waals surface area contributed by atoms with Crippen LogP contribution in [0.3, 0.4) is 0 Å². The van der Waals surface area contributed by atoms with Crippen LogP contribution in [0.1, 0.15) is 42.5 Å². The van der Waals surface area contributed by atoms with E-state index in [4.69, 9.17) is 11.5 Å². The molecule has 2 atom stereocenters. The third-order valence-electron chi connectivity index (χ3n) is 4.27. The monoisotopic (exact) mass is 368 g/mol. The van der Waals surface area contributed by atoms with Crippen LogP contribution in [-0.2, 0) is 9.59 Å². The van der Waals surface area contributed by atoms with E-state index in [1.54, 1.807) is 24.3 Å². The summed E-state index contributed by atoms with van der Waals surface area (Å²) in [5, 5.41) is 5.40. The van der Waals surface area contributed by atoms with Crippen molar-refractivity contribution in [2.45, 2.75) is 38.1 Å². The number of nitrogens with one attached hydrogen (secondary N) is 2. The fraction of sp³-hybridized carbons (Fsp3) is 0.471. The van der Waals surface area contributed by atoms with Gasteiger partial charge in [0.25, 0.3) is 5.91 Å². The van der Waals surface area contributed by atoms with E-state index in [2.05, 4.69) is 10.6 Å². The van der Waals surface area contributed by atoms with Gasteiger partial charge in [-0.3, -0.25) is 14.4 Å². The van der Waals surface area contributed by atoms with Gasteiger partial charge >= 0.3 is 0 Å². The number of amides is 3. The van der Waals surface area contributed by atoms with E-state index in [0.29, 0.717) is 17.7 Å². The fourth-order valence-corrected chi connectivity index (χ4v) is 2.94. The van der Waals surface area contributed by atoms with Gasteiger partial charge in [0.05, 0.1) is 11.3 Å². The molecule has 8 heteroatoms. The third kappa shape index (κ3) is 6.36. The lowest BCUT2D eigenvalue weighted by atomic mass is 9.99. The zero-order valence-electron chi connectivity index (χ0n) is 14.0. The molecule has 25 heavy (non-hydrogen) atoms. The van der Waals surface area contributed by atoms with Gasteiger partial charge in [-0.1, -0.05) is 18.6 Å². The summed E-state index contributed by atoms with van der Waals surface area (Å²) in [7, 11) is 0. The fourth-order valence-electron chi connectivity index (χ4n) is 2.94. The van der Waals surface area contributed by atoms with E-state index in [-0.39, 0.29) is 49.1 Å². The standard InChI is InChI=1S/C17H24N4O3.ClH/c18-13-6-3-4-11(13)10-16(23)21-14-7-2-1-5-12(14)17(24)20-9-8-15(19)22;/h1-2,5,7,11,13H,3-4,6,8-10,18H2,(H2,19,22)(H,20,24)(H,21,23);1H/t11-,13+;/m0./s1. The van der Waals surface area contributed by atoms with Crippen molar-refractivity contribution in [2.24, 2.45) is 17.4 Å². The molecule has 0 heterocycles. The normalized spacial score (nSPS) is 18.9. The van der Waals surface area contributed by atoms with E-state index in [9.17, 15) is 14.4 Å². The van der Waals surface area contributed by atoms with Gasteiger partial charge in [0.15, 0.2) is 0 Å². The molecule has 0 bridgehead atoms. The van der Waals surface area contributed by atoms with Crippen LogP contribution in [0, 0.1) is 5.92 Å². The van der Waals surface area contributed by atoms with Crippen molar-refractivity contribution in [3.8, 4) is 0 Å². The van der Waals surface area contributed by atoms with Crippen LogP contribution in [0.2, 0.25) is 0 Å². The van der Waals surface area contributed by atoms with Gasteiger partial charge in [-0.25, -0.2) is 0 Å². The van der Waals surface area contributed by atoms with Crippen LogP contribution in [0.15, 0.2) is 24.3 Å². The van der Waals surface area contributed by atoms with Crippen LogP contribution in [-0.4, -0.2) is 30.3 Å². The second-order valence-corrected chi connectivity index (χ2v) is 6.12. The molecule has 3 amide bonds. The number of halogens is 1. The molecule has 1 saturated carbocycles. The molecule has 0 radical (unpaired) electrons. The first-order chi connectivity index (χ1) is 11.5. The molecule has 2 rings (SSSR count). The van der Waals surface area contributed by atoms with Crippen LogP contribution >= 0.6 is 12.4 Å². The topological polar surface area (TPSA) is 127 Å². The minimum absolute atomic E-state index is 0. The zero-order chi connectivity index (χ0) is 17.5. The molecule has 1 aromatic carbocycles. The summed E-state index contributed by atoms with van der Waals surface area (Å²) in [6, 6.07) is 6.83. The average Bonchev–Trinajstić information content (AvgIpc) is 2.92. The average molecular weight is 369 g/mol. The van der Waals surface area contributed by atoms with Gasteiger partial charge < -0.3 is 22.1 Å². The summed E-state index contributed by atoms with van der Waals surface area (Å²) in [6.07, 6.45) is 3.40. The van der Waals surface area contributed by atoms with E-state index < -0.39 is 5.91 Å². The number of rotatable bonds is 7. The second kappa shape index (κ2) is 10.0. The lowest BCUT2D eigenvalue weighted by Gasteiger charge is -2.16. The Balaban J connectivity index is 0.00000312. The van der Waals surface area contributed by atoms with Gasteiger partial charge in [-0.15, -0.1) is 12.4 Å². The Morgan fingerprint density at radius 1 is 1.16 bits per heavy atom. The van der Waals surface area contributed by atoms with Gasteiger partial charge in [-0.2, -0.15) is 0 Å². The minimum atomic E-state index is -0.482. The second-order valence-electron chi connectivity index (χ2n) is 6.12.